The van der Waals surface area contributed by atoms with Crippen LogP contribution in [0.1, 0.15) is 39.5 Å². The third-order valence-electron chi connectivity index (χ3n) is 3.86. The molecule has 0 aliphatic heterocycles. The van der Waals surface area contributed by atoms with E-state index in [9.17, 15) is 23.1 Å². The molecule has 0 aromatic heterocycles. The van der Waals surface area contributed by atoms with Crippen LogP contribution in [0.2, 0.25) is 0 Å². The SMILES string of the molecule is CC(C)C1CCC(NCC(F)(F)F)(C(=O)O)CC1. The molecular formula is C12H20F3NO2. The highest BCUT2D eigenvalue weighted by molar-refractivity contribution is 5.78. The molecule has 0 aromatic rings. The Morgan fingerprint density at radius 3 is 2.22 bits per heavy atom. The van der Waals surface area contributed by atoms with Gasteiger partial charge >= 0.3 is 12.1 Å². The van der Waals surface area contributed by atoms with Crippen LogP contribution < -0.4 is 5.32 Å². The van der Waals surface area contributed by atoms with Crippen LogP contribution in [0.4, 0.5) is 13.2 Å². The van der Waals surface area contributed by atoms with Gasteiger partial charge in [0.1, 0.15) is 5.54 Å². The number of carboxylic acids is 1. The van der Waals surface area contributed by atoms with Gasteiger partial charge in [-0.1, -0.05) is 13.8 Å². The maximum atomic E-state index is 12.2. The average molecular weight is 267 g/mol. The predicted molar refractivity (Wildman–Crippen MR) is 61.2 cm³/mol. The lowest BCUT2D eigenvalue weighted by molar-refractivity contribution is -0.153. The minimum Gasteiger partial charge on any atom is -0.480 e. The molecule has 0 aromatic carbocycles. The summed E-state index contributed by atoms with van der Waals surface area (Å²) in [6, 6.07) is 0. The summed E-state index contributed by atoms with van der Waals surface area (Å²) in [7, 11) is 0. The monoisotopic (exact) mass is 267 g/mol. The van der Waals surface area contributed by atoms with Crippen LogP contribution >= 0.6 is 0 Å². The van der Waals surface area contributed by atoms with Crippen molar-refractivity contribution < 1.29 is 23.1 Å². The third-order valence-corrected chi connectivity index (χ3v) is 3.86. The molecule has 1 aliphatic rings. The van der Waals surface area contributed by atoms with Gasteiger partial charge in [-0.2, -0.15) is 13.2 Å². The molecule has 0 atom stereocenters. The first kappa shape index (κ1) is 15.3. The highest BCUT2D eigenvalue weighted by Crippen LogP contribution is 2.36. The van der Waals surface area contributed by atoms with Crippen molar-refractivity contribution in [3.63, 3.8) is 0 Å². The van der Waals surface area contributed by atoms with E-state index in [1.54, 1.807) is 0 Å². The molecule has 0 bridgehead atoms. The predicted octanol–water partition coefficient (Wildman–Crippen LogP) is 2.81. The van der Waals surface area contributed by atoms with E-state index in [0.717, 1.165) is 0 Å². The van der Waals surface area contributed by atoms with Crippen molar-refractivity contribution >= 4 is 5.97 Å². The molecular weight excluding hydrogens is 247 g/mol. The van der Waals surface area contributed by atoms with Gasteiger partial charge in [-0.15, -0.1) is 0 Å². The lowest BCUT2D eigenvalue weighted by Gasteiger charge is -2.39. The van der Waals surface area contributed by atoms with Gasteiger partial charge in [-0.3, -0.25) is 10.1 Å². The summed E-state index contributed by atoms with van der Waals surface area (Å²) in [5.74, 6) is -0.321. The number of rotatable bonds is 4. The van der Waals surface area contributed by atoms with E-state index >= 15 is 0 Å². The summed E-state index contributed by atoms with van der Waals surface area (Å²) in [6.45, 7) is 2.87. The second kappa shape index (κ2) is 5.47. The van der Waals surface area contributed by atoms with E-state index in [2.05, 4.69) is 19.2 Å². The first-order valence-electron chi connectivity index (χ1n) is 6.21. The normalized spacial score (nSPS) is 29.6. The fourth-order valence-electron chi connectivity index (χ4n) is 2.54. The quantitative estimate of drug-likeness (QED) is 0.823. The minimum atomic E-state index is -4.38. The fraction of sp³-hybridized carbons (Fsp3) is 0.917. The van der Waals surface area contributed by atoms with Crippen molar-refractivity contribution in [3.8, 4) is 0 Å². The Bertz CT molecular complexity index is 294. The van der Waals surface area contributed by atoms with Gasteiger partial charge in [0.25, 0.3) is 0 Å². The Kier molecular flexibility index (Phi) is 4.64. The van der Waals surface area contributed by atoms with E-state index in [1.165, 1.54) is 0 Å². The zero-order chi connectivity index (χ0) is 14.0. The molecule has 2 N–H and O–H groups in total. The summed E-state index contributed by atoms with van der Waals surface area (Å²) in [5, 5.41) is 11.4. The Labute approximate surface area is 105 Å². The van der Waals surface area contributed by atoms with Crippen LogP contribution in [0, 0.1) is 11.8 Å². The first-order valence-corrected chi connectivity index (χ1v) is 6.21. The molecule has 0 radical (unpaired) electrons. The maximum absolute atomic E-state index is 12.2. The lowest BCUT2D eigenvalue weighted by atomic mass is 9.73. The molecule has 1 saturated carbocycles. The van der Waals surface area contributed by atoms with Gasteiger partial charge in [0.15, 0.2) is 0 Å². The molecule has 1 fully saturated rings. The number of aliphatic carboxylic acids is 1. The summed E-state index contributed by atoms with van der Waals surface area (Å²) in [4.78, 5) is 11.2. The topological polar surface area (TPSA) is 49.3 Å². The maximum Gasteiger partial charge on any atom is 0.401 e. The number of hydrogen-bond acceptors (Lipinski definition) is 2. The molecule has 0 spiro atoms. The van der Waals surface area contributed by atoms with E-state index in [0.29, 0.717) is 24.7 Å². The highest BCUT2D eigenvalue weighted by Gasteiger charge is 2.44. The van der Waals surface area contributed by atoms with Crippen molar-refractivity contribution in [2.45, 2.75) is 51.2 Å². The van der Waals surface area contributed by atoms with Crippen molar-refractivity contribution in [2.24, 2.45) is 11.8 Å². The zero-order valence-corrected chi connectivity index (χ0v) is 10.7. The zero-order valence-electron chi connectivity index (χ0n) is 10.7. The second-order valence-electron chi connectivity index (χ2n) is 5.44. The van der Waals surface area contributed by atoms with Crippen LogP contribution in [0.15, 0.2) is 0 Å². The van der Waals surface area contributed by atoms with Crippen LogP contribution in [0.25, 0.3) is 0 Å². The number of nitrogens with one attached hydrogen (secondary N) is 1. The number of carbonyl (C=O) groups is 1. The van der Waals surface area contributed by atoms with Crippen molar-refractivity contribution in [3.05, 3.63) is 0 Å². The van der Waals surface area contributed by atoms with Crippen molar-refractivity contribution in [1.29, 1.82) is 0 Å². The summed E-state index contributed by atoms with van der Waals surface area (Å²) in [5.41, 5.74) is -1.40. The Balaban J connectivity index is 2.65. The molecule has 1 rings (SSSR count). The van der Waals surface area contributed by atoms with Gasteiger partial charge in [-0.05, 0) is 37.5 Å². The van der Waals surface area contributed by atoms with Gasteiger partial charge in [-0.25, -0.2) is 0 Å². The van der Waals surface area contributed by atoms with E-state index in [4.69, 9.17) is 0 Å². The molecule has 0 heterocycles. The number of halogens is 3. The number of hydrogen-bond donors (Lipinski definition) is 2. The Morgan fingerprint density at radius 2 is 1.89 bits per heavy atom. The lowest BCUT2D eigenvalue weighted by Crippen LogP contribution is -2.56. The highest BCUT2D eigenvalue weighted by atomic mass is 19.4. The van der Waals surface area contributed by atoms with Crippen LogP contribution in [0.5, 0.6) is 0 Å². The molecule has 3 nitrogen and oxygen atoms in total. The number of carboxylic acid groups (broad SMARTS) is 1. The molecule has 18 heavy (non-hydrogen) atoms. The van der Waals surface area contributed by atoms with Crippen molar-refractivity contribution in [1.82, 2.24) is 5.32 Å². The van der Waals surface area contributed by atoms with E-state index < -0.39 is 24.2 Å². The smallest absolute Gasteiger partial charge is 0.401 e. The summed E-state index contributed by atoms with van der Waals surface area (Å²) >= 11 is 0. The third kappa shape index (κ3) is 3.86. The Hall–Kier alpha value is -0.780. The molecule has 6 heteroatoms. The fourth-order valence-corrected chi connectivity index (χ4v) is 2.54. The van der Waals surface area contributed by atoms with Crippen molar-refractivity contribution in [2.75, 3.05) is 6.54 Å². The largest absolute Gasteiger partial charge is 0.480 e. The Morgan fingerprint density at radius 1 is 1.39 bits per heavy atom. The molecule has 106 valence electrons. The molecule has 0 saturated heterocycles. The summed E-state index contributed by atoms with van der Waals surface area (Å²) in [6.07, 6.45) is -2.52. The molecule has 0 unspecified atom stereocenters. The van der Waals surface area contributed by atoms with Crippen LogP contribution in [0.3, 0.4) is 0 Å². The minimum absolute atomic E-state index is 0.265. The first-order chi connectivity index (χ1) is 8.16. The second-order valence-corrected chi connectivity index (χ2v) is 5.44. The summed E-state index contributed by atoms with van der Waals surface area (Å²) < 4.78 is 36.6. The van der Waals surface area contributed by atoms with E-state index in [-0.39, 0.29) is 12.8 Å². The standard InChI is InChI=1S/C12H20F3NO2/c1-8(2)9-3-5-11(6-4-9,10(17)18)16-7-12(13,14)15/h8-9,16H,3-7H2,1-2H3,(H,17,18). The van der Waals surface area contributed by atoms with Gasteiger partial charge in [0.2, 0.25) is 0 Å². The van der Waals surface area contributed by atoms with Crippen LogP contribution in [-0.2, 0) is 4.79 Å². The molecule has 0 amide bonds. The average Bonchev–Trinajstić information content (AvgIpc) is 2.25. The van der Waals surface area contributed by atoms with Gasteiger partial charge in [0.05, 0.1) is 6.54 Å². The van der Waals surface area contributed by atoms with Gasteiger partial charge < -0.3 is 5.11 Å². The van der Waals surface area contributed by atoms with Gasteiger partial charge in [0, 0.05) is 0 Å². The molecule has 1 aliphatic carbocycles. The number of alkyl halides is 3. The van der Waals surface area contributed by atoms with Crippen LogP contribution in [-0.4, -0.2) is 29.3 Å². The van der Waals surface area contributed by atoms with E-state index in [1.807, 2.05) is 0 Å².